The van der Waals surface area contributed by atoms with Gasteiger partial charge in [0.1, 0.15) is 5.82 Å². The van der Waals surface area contributed by atoms with E-state index in [4.69, 9.17) is 23.2 Å². The van der Waals surface area contributed by atoms with E-state index >= 15 is 0 Å². The molecule has 2 aromatic carbocycles. The summed E-state index contributed by atoms with van der Waals surface area (Å²) in [6.07, 6.45) is 0. The minimum Gasteiger partial charge on any atom is -0.342 e. The maximum Gasteiger partial charge on any atom is 0.253 e. The fourth-order valence-electron chi connectivity index (χ4n) is 2.72. The summed E-state index contributed by atoms with van der Waals surface area (Å²) in [6, 6.07) is 10.1. The third-order valence-electron chi connectivity index (χ3n) is 4.26. The first-order valence-corrected chi connectivity index (χ1v) is 10.8. The van der Waals surface area contributed by atoms with E-state index in [0.717, 1.165) is 11.8 Å². The lowest BCUT2D eigenvalue weighted by atomic mass is 10.2. The highest BCUT2D eigenvalue weighted by atomic mass is 35.5. The number of aromatic nitrogens is 3. The van der Waals surface area contributed by atoms with Crippen LogP contribution in [0.4, 0.5) is 10.1 Å². The van der Waals surface area contributed by atoms with Gasteiger partial charge in [0.05, 0.1) is 28.1 Å². The van der Waals surface area contributed by atoms with Gasteiger partial charge in [-0.3, -0.25) is 9.59 Å². The minimum atomic E-state index is -0.507. The Morgan fingerprint density at radius 2 is 1.94 bits per heavy atom. The summed E-state index contributed by atoms with van der Waals surface area (Å²) in [5, 5.41) is 14.7. The Hall–Kier alpha value is -2.62. The maximum atomic E-state index is 13.6. The molecule has 1 atom stereocenters. The van der Waals surface area contributed by atoms with Gasteiger partial charge in [0, 0.05) is 12.1 Å². The Labute approximate surface area is 192 Å². The molecule has 0 radical (unpaired) electrons. The lowest BCUT2D eigenvalue weighted by molar-refractivity contribution is -0.113. The molecule has 0 bridgehead atoms. The van der Waals surface area contributed by atoms with Gasteiger partial charge in [-0.15, -0.1) is 10.2 Å². The molecule has 1 aromatic heterocycles. The van der Waals surface area contributed by atoms with E-state index in [0.29, 0.717) is 21.6 Å². The monoisotopic (exact) mass is 481 g/mol. The fraction of sp³-hybridized carbons (Fsp3) is 0.200. The van der Waals surface area contributed by atoms with Crippen LogP contribution in [0, 0.1) is 5.82 Å². The Morgan fingerprint density at radius 1 is 1.19 bits per heavy atom. The van der Waals surface area contributed by atoms with Crippen LogP contribution in [0.2, 0.25) is 10.0 Å². The normalized spacial score (nSPS) is 11.8. The van der Waals surface area contributed by atoms with Crippen LogP contribution < -0.4 is 10.6 Å². The van der Waals surface area contributed by atoms with Gasteiger partial charge >= 0.3 is 0 Å². The van der Waals surface area contributed by atoms with Gasteiger partial charge in [-0.25, -0.2) is 4.39 Å². The minimum absolute atomic E-state index is 0.0153. The third-order valence-corrected chi connectivity index (χ3v) is 5.83. The number of hydrogen-bond acceptors (Lipinski definition) is 5. The van der Waals surface area contributed by atoms with E-state index in [-0.39, 0.29) is 28.3 Å². The number of hydrogen-bond donors (Lipinski definition) is 2. The second-order valence-corrected chi connectivity index (χ2v) is 8.32. The molecule has 0 saturated heterocycles. The first-order chi connectivity index (χ1) is 14.8. The average Bonchev–Trinajstić information content (AvgIpc) is 3.08. The summed E-state index contributed by atoms with van der Waals surface area (Å²) >= 11 is 13.1. The number of carbonyl (C=O) groups is 2. The van der Waals surface area contributed by atoms with Crippen LogP contribution >= 0.6 is 35.0 Å². The fourth-order valence-corrected chi connectivity index (χ4v) is 3.93. The quantitative estimate of drug-likeness (QED) is 0.485. The van der Waals surface area contributed by atoms with Crippen molar-refractivity contribution in [3.05, 3.63) is 69.7 Å². The Bertz CT molecular complexity index is 1120. The predicted octanol–water partition coefficient (Wildman–Crippen LogP) is 4.48. The maximum absolute atomic E-state index is 13.6. The molecule has 1 heterocycles. The van der Waals surface area contributed by atoms with E-state index in [2.05, 4.69) is 20.8 Å². The number of para-hydroxylation sites is 1. The SMILES string of the molecule is CC(NC(=O)c1ccc(Cl)cc1Cl)c1nnc(SCC(=O)Nc2ccccc2F)n1C. The van der Waals surface area contributed by atoms with Gasteiger partial charge < -0.3 is 15.2 Å². The number of nitrogens with zero attached hydrogens (tertiary/aromatic N) is 3. The zero-order valence-electron chi connectivity index (χ0n) is 16.5. The predicted molar refractivity (Wildman–Crippen MR) is 119 cm³/mol. The molecule has 0 aliphatic carbocycles. The van der Waals surface area contributed by atoms with Crippen LogP contribution in [0.15, 0.2) is 47.6 Å². The van der Waals surface area contributed by atoms with Crippen LogP contribution in [-0.2, 0) is 11.8 Å². The number of benzene rings is 2. The smallest absolute Gasteiger partial charge is 0.253 e. The van der Waals surface area contributed by atoms with Crippen molar-refractivity contribution in [1.82, 2.24) is 20.1 Å². The van der Waals surface area contributed by atoms with E-state index in [9.17, 15) is 14.0 Å². The van der Waals surface area contributed by atoms with Crippen molar-refractivity contribution in [2.24, 2.45) is 7.05 Å². The molecule has 0 spiro atoms. The molecule has 3 rings (SSSR count). The van der Waals surface area contributed by atoms with Gasteiger partial charge in [0.15, 0.2) is 11.0 Å². The number of nitrogens with one attached hydrogen (secondary N) is 2. The largest absolute Gasteiger partial charge is 0.342 e. The van der Waals surface area contributed by atoms with E-state index in [1.54, 1.807) is 42.8 Å². The van der Waals surface area contributed by atoms with Crippen molar-refractivity contribution in [3.8, 4) is 0 Å². The second kappa shape index (κ2) is 10.1. The molecule has 11 heteroatoms. The second-order valence-electron chi connectivity index (χ2n) is 6.54. The molecule has 0 aliphatic heterocycles. The number of amides is 2. The number of thioether (sulfide) groups is 1. The topological polar surface area (TPSA) is 88.9 Å². The standard InChI is InChI=1S/C20H18Cl2FN5O2S/c1-11(24-19(30)13-8-7-12(21)9-14(13)22)18-26-27-20(28(18)2)31-10-17(29)25-16-6-4-3-5-15(16)23/h3-9,11H,10H2,1-2H3,(H,24,30)(H,25,29). The number of rotatable bonds is 7. The Morgan fingerprint density at radius 3 is 2.65 bits per heavy atom. The molecule has 3 aromatic rings. The molecule has 0 fully saturated rings. The van der Waals surface area contributed by atoms with Gasteiger partial charge in [-0.2, -0.15) is 0 Å². The van der Waals surface area contributed by atoms with Crippen molar-refractivity contribution in [2.45, 2.75) is 18.1 Å². The average molecular weight is 482 g/mol. The highest BCUT2D eigenvalue weighted by Gasteiger charge is 2.20. The summed E-state index contributed by atoms with van der Waals surface area (Å²) < 4.78 is 15.3. The van der Waals surface area contributed by atoms with E-state index in [1.807, 2.05) is 0 Å². The number of carbonyl (C=O) groups excluding carboxylic acids is 2. The summed E-state index contributed by atoms with van der Waals surface area (Å²) in [5.74, 6) is -0.752. The molecule has 2 N–H and O–H groups in total. The third kappa shape index (κ3) is 5.75. The summed E-state index contributed by atoms with van der Waals surface area (Å²) in [5.41, 5.74) is 0.406. The molecule has 7 nitrogen and oxygen atoms in total. The summed E-state index contributed by atoms with van der Waals surface area (Å²) in [4.78, 5) is 24.6. The van der Waals surface area contributed by atoms with E-state index < -0.39 is 11.9 Å². The van der Waals surface area contributed by atoms with Crippen LogP contribution in [0.5, 0.6) is 0 Å². The summed E-state index contributed by atoms with van der Waals surface area (Å²) in [6.45, 7) is 1.76. The van der Waals surface area contributed by atoms with Crippen LogP contribution in [-0.4, -0.2) is 32.3 Å². The Kier molecular flexibility index (Phi) is 7.53. The van der Waals surface area contributed by atoms with Gasteiger partial charge in [0.25, 0.3) is 5.91 Å². The van der Waals surface area contributed by atoms with Crippen LogP contribution in [0.25, 0.3) is 0 Å². The highest BCUT2D eigenvalue weighted by molar-refractivity contribution is 7.99. The van der Waals surface area contributed by atoms with Crippen molar-refractivity contribution < 1.29 is 14.0 Å². The van der Waals surface area contributed by atoms with E-state index in [1.165, 1.54) is 18.2 Å². The van der Waals surface area contributed by atoms with Crippen molar-refractivity contribution >= 4 is 52.5 Å². The zero-order valence-corrected chi connectivity index (χ0v) is 18.9. The molecule has 2 amide bonds. The van der Waals surface area contributed by atoms with Crippen LogP contribution in [0.1, 0.15) is 29.1 Å². The summed E-state index contributed by atoms with van der Waals surface area (Å²) in [7, 11) is 1.73. The molecular weight excluding hydrogens is 464 g/mol. The molecule has 0 aliphatic rings. The molecule has 31 heavy (non-hydrogen) atoms. The molecule has 1 unspecified atom stereocenters. The van der Waals surface area contributed by atoms with Gasteiger partial charge in [-0.05, 0) is 37.3 Å². The Balaban J connectivity index is 1.60. The number of halogens is 3. The van der Waals surface area contributed by atoms with Crippen molar-refractivity contribution in [1.29, 1.82) is 0 Å². The first-order valence-electron chi connectivity index (χ1n) is 9.08. The van der Waals surface area contributed by atoms with Gasteiger partial charge in [0.2, 0.25) is 5.91 Å². The molecule has 0 saturated carbocycles. The zero-order chi connectivity index (χ0) is 22.5. The lowest BCUT2D eigenvalue weighted by Gasteiger charge is -2.14. The first kappa shape index (κ1) is 23.1. The molecule has 162 valence electrons. The van der Waals surface area contributed by atoms with Crippen molar-refractivity contribution in [2.75, 3.05) is 11.1 Å². The van der Waals surface area contributed by atoms with Gasteiger partial charge in [-0.1, -0.05) is 47.1 Å². The van der Waals surface area contributed by atoms with Crippen LogP contribution in [0.3, 0.4) is 0 Å². The molecular formula is C20H18Cl2FN5O2S. The lowest BCUT2D eigenvalue weighted by Crippen LogP contribution is -2.28. The highest BCUT2D eigenvalue weighted by Crippen LogP contribution is 2.23. The van der Waals surface area contributed by atoms with Crippen molar-refractivity contribution in [3.63, 3.8) is 0 Å². The number of anilines is 1.